The lowest BCUT2D eigenvalue weighted by Gasteiger charge is -2.02. The number of benzene rings is 1. The third-order valence-electron chi connectivity index (χ3n) is 2.36. The molecule has 0 N–H and O–H groups in total. The third-order valence-corrected chi connectivity index (χ3v) is 3.49. The van der Waals surface area contributed by atoms with Crippen molar-refractivity contribution in [2.24, 2.45) is 0 Å². The highest BCUT2D eigenvalue weighted by Gasteiger charge is 2.07. The fourth-order valence-corrected chi connectivity index (χ4v) is 2.05. The minimum absolute atomic E-state index is 0.307. The van der Waals surface area contributed by atoms with E-state index >= 15 is 0 Å². The zero-order chi connectivity index (χ0) is 12.5. The maximum Gasteiger partial charge on any atom is 0.175 e. The second-order valence-corrected chi connectivity index (χ2v) is 5.86. The van der Waals surface area contributed by atoms with Gasteiger partial charge in [-0.15, -0.1) is 0 Å². The number of hydrogen-bond acceptors (Lipinski definition) is 4. The predicted molar refractivity (Wildman–Crippen MR) is 65.3 cm³/mol. The van der Waals surface area contributed by atoms with Gasteiger partial charge in [0.1, 0.15) is 0 Å². The van der Waals surface area contributed by atoms with E-state index in [1.54, 1.807) is 36.7 Å². The lowest BCUT2D eigenvalue weighted by atomic mass is 10.2. The van der Waals surface area contributed by atoms with Gasteiger partial charge in [0.2, 0.25) is 0 Å². The van der Waals surface area contributed by atoms with Crippen molar-refractivity contribution in [2.45, 2.75) is 11.8 Å². The van der Waals surface area contributed by atoms with Crippen LogP contribution >= 0.6 is 0 Å². The van der Waals surface area contributed by atoms with Crippen LogP contribution in [0.25, 0.3) is 11.3 Å². The summed E-state index contributed by atoms with van der Waals surface area (Å²) in [6, 6.07) is 6.61. The Labute approximate surface area is 100 Å². The van der Waals surface area contributed by atoms with Crippen LogP contribution in [0.2, 0.25) is 0 Å². The molecule has 0 amide bonds. The second kappa shape index (κ2) is 4.25. The summed E-state index contributed by atoms with van der Waals surface area (Å²) in [6.07, 6.45) is 4.54. The first-order valence-electron chi connectivity index (χ1n) is 5.06. The lowest BCUT2D eigenvalue weighted by molar-refractivity contribution is 0.602. The summed E-state index contributed by atoms with van der Waals surface area (Å²) in [6.45, 7) is 1.86. The van der Waals surface area contributed by atoms with E-state index < -0.39 is 9.84 Å². The highest BCUT2D eigenvalue weighted by atomic mass is 32.2. The Bertz CT molecular complexity index is 617. The van der Waals surface area contributed by atoms with Gasteiger partial charge < -0.3 is 0 Å². The number of rotatable bonds is 2. The zero-order valence-electron chi connectivity index (χ0n) is 9.58. The quantitative estimate of drug-likeness (QED) is 0.813. The predicted octanol–water partition coefficient (Wildman–Crippen LogP) is 1.86. The van der Waals surface area contributed by atoms with E-state index in [2.05, 4.69) is 9.97 Å². The zero-order valence-corrected chi connectivity index (χ0v) is 10.4. The molecule has 0 aliphatic rings. The van der Waals surface area contributed by atoms with Crippen molar-refractivity contribution >= 4 is 9.84 Å². The number of aromatic nitrogens is 2. The monoisotopic (exact) mass is 248 g/mol. The van der Waals surface area contributed by atoms with Gasteiger partial charge in [-0.05, 0) is 19.1 Å². The van der Waals surface area contributed by atoms with Crippen LogP contribution in [0.4, 0.5) is 0 Å². The maximum absolute atomic E-state index is 11.3. The van der Waals surface area contributed by atoms with Crippen LogP contribution in [0.15, 0.2) is 41.6 Å². The normalized spacial score (nSPS) is 11.4. The molecule has 1 aromatic carbocycles. The summed E-state index contributed by atoms with van der Waals surface area (Å²) in [5, 5.41) is 0. The molecule has 0 saturated carbocycles. The summed E-state index contributed by atoms with van der Waals surface area (Å²) in [7, 11) is -3.14. The fourth-order valence-electron chi connectivity index (χ4n) is 1.41. The van der Waals surface area contributed by atoms with Gasteiger partial charge in [-0.3, -0.25) is 9.97 Å². The van der Waals surface area contributed by atoms with Crippen LogP contribution < -0.4 is 0 Å². The lowest BCUT2D eigenvalue weighted by Crippen LogP contribution is -1.96. The molecule has 0 fully saturated rings. The van der Waals surface area contributed by atoms with E-state index in [4.69, 9.17) is 0 Å². The Morgan fingerprint density at radius 3 is 2.12 bits per heavy atom. The fraction of sp³-hybridized carbons (Fsp3) is 0.167. The van der Waals surface area contributed by atoms with E-state index in [0.29, 0.717) is 4.90 Å². The molecule has 0 spiro atoms. The average Bonchev–Trinajstić information content (AvgIpc) is 2.29. The molecule has 4 nitrogen and oxygen atoms in total. The Balaban J connectivity index is 2.39. The first-order valence-corrected chi connectivity index (χ1v) is 6.95. The number of nitrogens with zero attached hydrogens (tertiary/aromatic N) is 2. The molecule has 0 aliphatic heterocycles. The van der Waals surface area contributed by atoms with Crippen molar-refractivity contribution in [2.75, 3.05) is 6.26 Å². The number of aryl methyl sites for hydroxylation is 1. The summed E-state index contributed by atoms with van der Waals surface area (Å²) in [5.74, 6) is 0. The molecule has 88 valence electrons. The van der Waals surface area contributed by atoms with Crippen LogP contribution in [0.1, 0.15) is 5.69 Å². The molecule has 0 radical (unpaired) electrons. The van der Waals surface area contributed by atoms with Gasteiger partial charge in [-0.2, -0.15) is 0 Å². The van der Waals surface area contributed by atoms with E-state index in [0.717, 1.165) is 17.0 Å². The Morgan fingerprint density at radius 1 is 1.00 bits per heavy atom. The molecule has 2 aromatic rings. The van der Waals surface area contributed by atoms with E-state index in [9.17, 15) is 8.42 Å². The van der Waals surface area contributed by atoms with Crippen molar-refractivity contribution in [1.29, 1.82) is 0 Å². The summed E-state index contributed by atoms with van der Waals surface area (Å²) >= 11 is 0. The van der Waals surface area contributed by atoms with Crippen molar-refractivity contribution in [3.63, 3.8) is 0 Å². The van der Waals surface area contributed by atoms with Crippen LogP contribution in [0.5, 0.6) is 0 Å². The average molecular weight is 248 g/mol. The van der Waals surface area contributed by atoms with Crippen molar-refractivity contribution in [3.8, 4) is 11.3 Å². The summed E-state index contributed by atoms with van der Waals surface area (Å²) < 4.78 is 22.6. The second-order valence-electron chi connectivity index (χ2n) is 3.84. The van der Waals surface area contributed by atoms with E-state index in [-0.39, 0.29) is 0 Å². The molecule has 0 unspecified atom stereocenters. The van der Waals surface area contributed by atoms with Gasteiger partial charge in [0, 0.05) is 18.0 Å². The molecule has 0 aliphatic carbocycles. The molecule has 1 heterocycles. The highest BCUT2D eigenvalue weighted by Crippen LogP contribution is 2.18. The minimum Gasteiger partial charge on any atom is -0.258 e. The van der Waals surface area contributed by atoms with Gasteiger partial charge in [-0.25, -0.2) is 8.42 Å². The van der Waals surface area contributed by atoms with Gasteiger partial charge in [0.25, 0.3) is 0 Å². The van der Waals surface area contributed by atoms with Gasteiger partial charge in [-0.1, -0.05) is 12.1 Å². The first-order chi connectivity index (χ1) is 7.97. The molecule has 17 heavy (non-hydrogen) atoms. The summed E-state index contributed by atoms with van der Waals surface area (Å²) in [4.78, 5) is 8.68. The third kappa shape index (κ3) is 2.68. The van der Waals surface area contributed by atoms with Crippen LogP contribution in [-0.2, 0) is 9.84 Å². The number of sulfone groups is 1. The standard InChI is InChI=1S/C12H12N2O2S/c1-9-7-14-12(8-13-9)10-3-5-11(6-4-10)17(2,15)16/h3-8H,1-2H3. The van der Waals surface area contributed by atoms with Crippen LogP contribution in [0.3, 0.4) is 0 Å². The Hall–Kier alpha value is -1.75. The molecule has 1 aromatic heterocycles. The molecule has 2 rings (SSSR count). The van der Waals surface area contributed by atoms with E-state index in [1.165, 1.54) is 6.26 Å². The Kier molecular flexibility index (Phi) is 2.93. The minimum atomic E-state index is -3.14. The molecular weight excluding hydrogens is 236 g/mol. The van der Waals surface area contributed by atoms with Crippen molar-refractivity contribution < 1.29 is 8.42 Å². The maximum atomic E-state index is 11.3. The largest absolute Gasteiger partial charge is 0.258 e. The smallest absolute Gasteiger partial charge is 0.175 e. The number of hydrogen-bond donors (Lipinski definition) is 0. The SMILES string of the molecule is Cc1cnc(-c2ccc(S(C)(=O)=O)cc2)cn1. The molecule has 0 bridgehead atoms. The molecule has 0 atom stereocenters. The summed E-state index contributed by atoms with van der Waals surface area (Å²) in [5.41, 5.74) is 2.43. The van der Waals surface area contributed by atoms with Gasteiger partial charge in [0.15, 0.2) is 9.84 Å². The van der Waals surface area contributed by atoms with E-state index in [1.807, 2.05) is 6.92 Å². The highest BCUT2D eigenvalue weighted by molar-refractivity contribution is 7.90. The molecule has 0 saturated heterocycles. The Morgan fingerprint density at radius 2 is 1.65 bits per heavy atom. The van der Waals surface area contributed by atoms with Crippen LogP contribution in [0, 0.1) is 6.92 Å². The first kappa shape index (κ1) is 11.7. The van der Waals surface area contributed by atoms with Crippen LogP contribution in [-0.4, -0.2) is 24.6 Å². The van der Waals surface area contributed by atoms with Crippen molar-refractivity contribution in [1.82, 2.24) is 9.97 Å². The molecular formula is C12H12N2O2S. The van der Waals surface area contributed by atoms with Crippen molar-refractivity contribution in [3.05, 3.63) is 42.4 Å². The van der Waals surface area contributed by atoms with Gasteiger partial charge in [0.05, 0.1) is 22.5 Å². The van der Waals surface area contributed by atoms with Gasteiger partial charge >= 0.3 is 0 Å². The topological polar surface area (TPSA) is 59.9 Å². The molecule has 5 heteroatoms.